The zero-order chi connectivity index (χ0) is 28.3. The van der Waals surface area contributed by atoms with Gasteiger partial charge in [-0.2, -0.15) is 0 Å². The van der Waals surface area contributed by atoms with Crippen LogP contribution in [0.2, 0.25) is 0 Å². The van der Waals surface area contributed by atoms with E-state index in [4.69, 9.17) is 4.74 Å². The van der Waals surface area contributed by atoms with E-state index in [-0.39, 0.29) is 30.9 Å². The van der Waals surface area contributed by atoms with Crippen molar-refractivity contribution in [2.75, 3.05) is 32.7 Å². The summed E-state index contributed by atoms with van der Waals surface area (Å²) in [6, 6.07) is 6.77. The van der Waals surface area contributed by atoms with Crippen LogP contribution in [0, 0.1) is 6.92 Å². The van der Waals surface area contributed by atoms with Crippen LogP contribution in [0.3, 0.4) is 0 Å². The van der Waals surface area contributed by atoms with Crippen molar-refractivity contribution >= 4 is 29.2 Å². The molecule has 4 rings (SSSR count). The number of carbonyl (C=O) groups excluding carboxylic acids is 3. The molecule has 2 aromatic rings. The van der Waals surface area contributed by atoms with Crippen molar-refractivity contribution < 1.29 is 24.2 Å². The molecule has 3 atom stereocenters. The van der Waals surface area contributed by atoms with E-state index in [1.165, 1.54) is 4.90 Å². The lowest BCUT2D eigenvalue weighted by Gasteiger charge is -2.39. The molecule has 2 saturated heterocycles. The molecule has 39 heavy (non-hydrogen) atoms. The predicted molar refractivity (Wildman–Crippen MR) is 149 cm³/mol. The Balaban J connectivity index is 1.31. The summed E-state index contributed by atoms with van der Waals surface area (Å²) in [5.41, 5.74) is 4.29. The number of aliphatic hydroxyl groups excluding tert-OH is 1. The van der Waals surface area contributed by atoms with Gasteiger partial charge in [-0.05, 0) is 45.7 Å². The number of ether oxygens (including phenoxy) is 1. The summed E-state index contributed by atoms with van der Waals surface area (Å²) in [6.07, 6.45) is -0.892. The number of nitrogens with one attached hydrogen (secondary N) is 1. The highest BCUT2D eigenvalue weighted by molar-refractivity contribution is 7.13. The van der Waals surface area contributed by atoms with E-state index in [0.717, 1.165) is 21.7 Å². The van der Waals surface area contributed by atoms with Crippen LogP contribution >= 0.6 is 11.3 Å². The van der Waals surface area contributed by atoms with Gasteiger partial charge in [0.2, 0.25) is 11.8 Å². The Bertz CT molecular complexity index is 1170. The van der Waals surface area contributed by atoms with Gasteiger partial charge in [0.15, 0.2) is 0 Å². The molecule has 0 bridgehead atoms. The summed E-state index contributed by atoms with van der Waals surface area (Å²) < 4.78 is 5.46. The molecule has 3 amide bonds. The average Bonchev–Trinajstić information content (AvgIpc) is 3.51. The quantitative estimate of drug-likeness (QED) is 0.561. The normalized spacial score (nSPS) is 21.1. The number of β-amino-alcohol motifs (C(OH)–C–C–N with tert-alkyl or cyclic N) is 1. The second-order valence-electron chi connectivity index (χ2n) is 11.3. The molecule has 2 aliphatic heterocycles. The van der Waals surface area contributed by atoms with Gasteiger partial charge in [-0.1, -0.05) is 24.3 Å². The van der Waals surface area contributed by atoms with Crippen molar-refractivity contribution in [1.29, 1.82) is 0 Å². The van der Waals surface area contributed by atoms with Crippen LogP contribution in [0.5, 0.6) is 0 Å². The third kappa shape index (κ3) is 7.14. The van der Waals surface area contributed by atoms with E-state index in [1.807, 2.05) is 69.3 Å². The number of hydrogen-bond donors (Lipinski definition) is 2. The Labute approximate surface area is 233 Å². The lowest BCUT2D eigenvalue weighted by Crippen LogP contribution is -2.57. The molecular formula is C28H39N5O5S. The van der Waals surface area contributed by atoms with Gasteiger partial charge in [0.05, 0.1) is 28.2 Å². The van der Waals surface area contributed by atoms with Gasteiger partial charge in [-0.3, -0.25) is 14.5 Å². The van der Waals surface area contributed by atoms with E-state index in [0.29, 0.717) is 32.7 Å². The highest BCUT2D eigenvalue weighted by atomic mass is 32.1. The number of carbonyl (C=O) groups is 3. The number of rotatable bonds is 6. The number of thiazole rings is 1. The highest BCUT2D eigenvalue weighted by Gasteiger charge is 2.41. The molecular weight excluding hydrogens is 518 g/mol. The first-order chi connectivity index (χ1) is 18.4. The molecule has 11 heteroatoms. The Morgan fingerprint density at radius 3 is 2.41 bits per heavy atom. The summed E-state index contributed by atoms with van der Waals surface area (Å²) in [6.45, 7) is 11.7. The van der Waals surface area contributed by atoms with Gasteiger partial charge in [-0.25, -0.2) is 9.78 Å². The lowest BCUT2D eigenvalue weighted by atomic mass is 10.1. The maximum Gasteiger partial charge on any atom is 0.410 e. The van der Waals surface area contributed by atoms with Crippen LogP contribution in [0.15, 0.2) is 29.8 Å². The number of aryl methyl sites for hydroxylation is 1. The maximum atomic E-state index is 13.4. The van der Waals surface area contributed by atoms with Gasteiger partial charge in [0, 0.05) is 45.7 Å². The van der Waals surface area contributed by atoms with Crippen LogP contribution < -0.4 is 5.32 Å². The molecule has 0 unspecified atom stereocenters. The smallest absolute Gasteiger partial charge is 0.410 e. The highest BCUT2D eigenvalue weighted by Crippen LogP contribution is 2.27. The number of piperazine rings is 1. The number of benzene rings is 1. The molecule has 3 heterocycles. The zero-order valence-electron chi connectivity index (χ0n) is 23.3. The molecule has 0 spiro atoms. The third-order valence-corrected chi connectivity index (χ3v) is 8.14. The largest absolute Gasteiger partial charge is 0.444 e. The molecule has 2 aliphatic rings. The number of aliphatic hydroxyl groups is 1. The summed E-state index contributed by atoms with van der Waals surface area (Å²) >= 11 is 1.59. The zero-order valence-corrected chi connectivity index (χ0v) is 24.2. The monoisotopic (exact) mass is 557 g/mol. The molecule has 1 aromatic heterocycles. The average molecular weight is 558 g/mol. The number of amides is 3. The first kappa shape index (κ1) is 29.0. The van der Waals surface area contributed by atoms with Crippen LogP contribution in [-0.2, 0) is 20.9 Å². The van der Waals surface area contributed by atoms with E-state index in [9.17, 15) is 19.5 Å². The van der Waals surface area contributed by atoms with E-state index < -0.39 is 23.8 Å². The maximum absolute atomic E-state index is 13.4. The summed E-state index contributed by atoms with van der Waals surface area (Å²) in [5, 5.41) is 13.3. The van der Waals surface area contributed by atoms with Gasteiger partial charge in [0.1, 0.15) is 11.6 Å². The van der Waals surface area contributed by atoms with E-state index in [2.05, 4.69) is 10.3 Å². The van der Waals surface area contributed by atoms with Crippen LogP contribution in [0.4, 0.5) is 4.79 Å². The standard InChI is InChI=1S/C28H39N5O5S/c1-18-24(39-17-30-18)21-8-6-20(7-9-21)15-29-25(35)23-14-22(34)16-33(23)26(36)19(2)31-10-12-32(13-11-31)27(37)38-28(3,4)5/h6-9,17,19,22-23,34H,10-16H2,1-5H3,(H,29,35)/t19-,22+,23-/m0/s1. The van der Waals surface area contributed by atoms with Crippen LogP contribution in [-0.4, -0.2) is 99.2 Å². The first-order valence-corrected chi connectivity index (χ1v) is 14.3. The van der Waals surface area contributed by atoms with Crippen LogP contribution in [0.1, 0.15) is 45.4 Å². The summed E-state index contributed by atoms with van der Waals surface area (Å²) in [5.74, 6) is -0.467. The summed E-state index contributed by atoms with van der Waals surface area (Å²) in [7, 11) is 0. The number of aromatic nitrogens is 1. The second-order valence-corrected chi connectivity index (χ2v) is 12.1. The van der Waals surface area contributed by atoms with E-state index >= 15 is 0 Å². The Morgan fingerprint density at radius 1 is 1.15 bits per heavy atom. The molecule has 0 radical (unpaired) electrons. The molecule has 212 valence electrons. The molecule has 10 nitrogen and oxygen atoms in total. The molecule has 0 saturated carbocycles. The Morgan fingerprint density at radius 2 is 1.82 bits per heavy atom. The Kier molecular flexibility index (Phi) is 8.93. The second kappa shape index (κ2) is 12.0. The molecule has 2 fully saturated rings. The SMILES string of the molecule is Cc1ncsc1-c1ccc(CNC(=O)[C@@H]2C[C@@H](O)CN2C(=O)[C@H](C)N2CCN(C(=O)OC(C)(C)C)CC2)cc1. The number of likely N-dealkylation sites (tertiary alicyclic amines) is 1. The van der Waals surface area contributed by atoms with Gasteiger partial charge in [-0.15, -0.1) is 11.3 Å². The van der Waals surface area contributed by atoms with Crippen molar-refractivity contribution in [2.24, 2.45) is 0 Å². The molecule has 0 aliphatic carbocycles. The molecule has 2 N–H and O–H groups in total. The van der Waals surface area contributed by atoms with Gasteiger partial charge in [0.25, 0.3) is 0 Å². The Hall–Kier alpha value is -3.02. The third-order valence-electron chi connectivity index (χ3n) is 7.16. The minimum atomic E-state index is -0.747. The number of hydrogen-bond acceptors (Lipinski definition) is 8. The first-order valence-electron chi connectivity index (χ1n) is 13.4. The van der Waals surface area contributed by atoms with Crippen molar-refractivity contribution in [2.45, 2.75) is 71.4 Å². The fraction of sp³-hybridized carbons (Fsp3) is 0.571. The minimum Gasteiger partial charge on any atom is -0.444 e. The van der Waals surface area contributed by atoms with Gasteiger partial charge < -0.3 is 25.0 Å². The van der Waals surface area contributed by atoms with Crippen molar-refractivity contribution in [3.8, 4) is 10.4 Å². The van der Waals surface area contributed by atoms with Crippen molar-refractivity contribution in [1.82, 2.24) is 25.0 Å². The van der Waals surface area contributed by atoms with Crippen LogP contribution in [0.25, 0.3) is 10.4 Å². The van der Waals surface area contributed by atoms with Crippen molar-refractivity contribution in [3.63, 3.8) is 0 Å². The fourth-order valence-corrected chi connectivity index (χ4v) is 5.79. The fourth-order valence-electron chi connectivity index (χ4n) is 4.98. The summed E-state index contributed by atoms with van der Waals surface area (Å²) in [4.78, 5) is 49.5. The molecule has 1 aromatic carbocycles. The van der Waals surface area contributed by atoms with Gasteiger partial charge >= 0.3 is 6.09 Å². The predicted octanol–water partition coefficient (Wildman–Crippen LogP) is 2.64. The number of nitrogens with zero attached hydrogens (tertiary/aromatic N) is 4. The van der Waals surface area contributed by atoms with E-state index in [1.54, 1.807) is 16.2 Å². The minimum absolute atomic E-state index is 0.127. The lowest BCUT2D eigenvalue weighted by molar-refractivity contribution is -0.142. The topological polar surface area (TPSA) is 115 Å². The van der Waals surface area contributed by atoms with Crippen molar-refractivity contribution in [3.05, 3.63) is 41.0 Å².